The number of carbonyl (C=O) groups excluding carboxylic acids is 2. The van der Waals surface area contributed by atoms with Crippen LogP contribution in [0.15, 0.2) is 0 Å². The highest BCUT2D eigenvalue weighted by Gasteiger charge is 2.70. The molecule has 6 fully saturated rings. The van der Waals surface area contributed by atoms with Crippen molar-refractivity contribution in [3.8, 4) is 0 Å². The SMILES string of the molecule is CC1CN(C(=O)C[C@]23CCC[C@@H]2[C@H]2CCC4[C@@]5(C)CC[C@H](OC(=O)CC(C)(C)C(=O)O)C(C)(C)C5CC[C@@]4(C)[C@]2(C)CC3)CC(C)O1. The van der Waals surface area contributed by atoms with Gasteiger partial charge in [-0.1, -0.05) is 41.0 Å². The summed E-state index contributed by atoms with van der Waals surface area (Å²) in [5.41, 5.74) is -0.442. The predicted octanol–water partition coefficient (Wildman–Crippen LogP) is 8.28. The Bertz CT molecular complexity index is 1250. The van der Waals surface area contributed by atoms with Crippen LogP contribution in [0.3, 0.4) is 0 Å². The maximum atomic E-state index is 13.9. The van der Waals surface area contributed by atoms with Gasteiger partial charge in [-0.15, -0.1) is 0 Å². The summed E-state index contributed by atoms with van der Waals surface area (Å²) in [6, 6.07) is 0. The van der Waals surface area contributed by atoms with Crippen molar-refractivity contribution in [3.05, 3.63) is 0 Å². The first-order valence-electron chi connectivity index (χ1n) is 19.2. The lowest BCUT2D eigenvalue weighted by Gasteiger charge is -2.72. The zero-order chi connectivity index (χ0) is 34.4. The molecule has 1 heterocycles. The molecule has 11 atom stereocenters. The molecule has 5 aliphatic carbocycles. The normalized spacial score (nSPS) is 46.0. The van der Waals surface area contributed by atoms with Crippen LogP contribution >= 0.6 is 0 Å². The first kappa shape index (κ1) is 35.2. The van der Waals surface area contributed by atoms with Crippen LogP contribution in [0.25, 0.3) is 0 Å². The van der Waals surface area contributed by atoms with E-state index in [0.29, 0.717) is 29.6 Å². The lowest BCUT2D eigenvalue weighted by Crippen LogP contribution is -2.66. The van der Waals surface area contributed by atoms with Crippen molar-refractivity contribution in [1.82, 2.24) is 4.90 Å². The molecule has 7 heteroatoms. The molecule has 0 aromatic heterocycles. The van der Waals surface area contributed by atoms with E-state index >= 15 is 0 Å². The van der Waals surface area contributed by atoms with Crippen LogP contribution in [0.4, 0.5) is 0 Å². The van der Waals surface area contributed by atoms with E-state index in [-0.39, 0.29) is 57.8 Å². The third-order valence-corrected chi connectivity index (χ3v) is 16.2. The lowest BCUT2D eigenvalue weighted by molar-refractivity contribution is -0.249. The van der Waals surface area contributed by atoms with Crippen molar-refractivity contribution in [2.45, 2.75) is 164 Å². The fourth-order valence-corrected chi connectivity index (χ4v) is 13.6. The number of carbonyl (C=O) groups is 3. The van der Waals surface area contributed by atoms with Gasteiger partial charge in [-0.2, -0.15) is 0 Å². The molecule has 1 N–H and O–H groups in total. The van der Waals surface area contributed by atoms with Crippen molar-refractivity contribution >= 4 is 17.8 Å². The largest absolute Gasteiger partial charge is 0.481 e. The van der Waals surface area contributed by atoms with Crippen molar-refractivity contribution in [2.24, 2.45) is 56.2 Å². The van der Waals surface area contributed by atoms with E-state index in [1.807, 2.05) is 0 Å². The molecule has 0 bridgehead atoms. The van der Waals surface area contributed by atoms with E-state index in [2.05, 4.69) is 53.4 Å². The number of carboxylic acids is 1. The van der Waals surface area contributed by atoms with E-state index in [0.717, 1.165) is 38.8 Å². The van der Waals surface area contributed by atoms with Gasteiger partial charge < -0.3 is 19.5 Å². The monoisotopic (exact) mass is 655 g/mol. The van der Waals surface area contributed by atoms with E-state index < -0.39 is 11.4 Å². The van der Waals surface area contributed by atoms with E-state index in [1.165, 1.54) is 51.4 Å². The second-order valence-corrected chi connectivity index (χ2v) is 19.5. The molecule has 6 aliphatic rings. The average Bonchev–Trinajstić information content (AvgIpc) is 3.38. The summed E-state index contributed by atoms with van der Waals surface area (Å²) in [6.45, 7) is 21.3. The number of fused-ring (bicyclic) bond motifs is 7. The molecule has 0 spiro atoms. The Morgan fingerprint density at radius 3 is 2.15 bits per heavy atom. The van der Waals surface area contributed by atoms with Crippen molar-refractivity contribution in [1.29, 1.82) is 0 Å². The number of carboxylic acid groups (broad SMARTS) is 1. The maximum Gasteiger partial charge on any atom is 0.309 e. The molecule has 266 valence electrons. The summed E-state index contributed by atoms with van der Waals surface area (Å²) in [6.07, 6.45) is 13.6. The third kappa shape index (κ3) is 5.50. The van der Waals surface area contributed by atoms with Gasteiger partial charge in [0.25, 0.3) is 0 Å². The Kier molecular flexibility index (Phi) is 8.78. The standard InChI is InChI=1S/C40H65NO6/c1-25-23-41(24-26(2)46-25)32(42)21-40-16-10-11-28(40)27-12-13-30-37(7)17-15-31(47-33(43)22-35(3,4)34(44)45)36(5,6)29(37)14-18-39(30,9)38(27,8)19-20-40/h25-31H,10-24H2,1-9H3,(H,44,45)/t25?,26?,27-,28-,29?,30?,31+,37+,38-,39-,40-/m1/s1. The average molecular weight is 656 g/mol. The highest BCUT2D eigenvalue weighted by molar-refractivity contribution is 5.81. The van der Waals surface area contributed by atoms with Gasteiger partial charge in [0.15, 0.2) is 0 Å². The van der Waals surface area contributed by atoms with Crippen LogP contribution in [0.5, 0.6) is 0 Å². The van der Waals surface area contributed by atoms with Gasteiger partial charge in [0.2, 0.25) is 5.91 Å². The van der Waals surface area contributed by atoms with Crippen LogP contribution in [-0.4, -0.2) is 59.3 Å². The maximum absolute atomic E-state index is 13.9. The van der Waals surface area contributed by atoms with Gasteiger partial charge in [0.05, 0.1) is 24.0 Å². The van der Waals surface area contributed by atoms with E-state index in [9.17, 15) is 19.5 Å². The lowest BCUT2D eigenvalue weighted by atomic mass is 9.32. The molecule has 1 saturated heterocycles. The van der Waals surface area contributed by atoms with Crippen LogP contribution in [0, 0.1) is 56.2 Å². The Labute approximate surface area is 284 Å². The molecule has 6 rings (SSSR count). The highest BCUT2D eigenvalue weighted by Crippen LogP contribution is 2.77. The number of hydrogen-bond donors (Lipinski definition) is 1. The highest BCUT2D eigenvalue weighted by atomic mass is 16.5. The van der Waals surface area contributed by atoms with Gasteiger partial charge in [0.1, 0.15) is 6.10 Å². The summed E-state index contributed by atoms with van der Waals surface area (Å²) in [7, 11) is 0. The summed E-state index contributed by atoms with van der Waals surface area (Å²) in [4.78, 5) is 40.7. The van der Waals surface area contributed by atoms with E-state index in [4.69, 9.17) is 9.47 Å². The summed E-state index contributed by atoms with van der Waals surface area (Å²) < 4.78 is 12.1. The second-order valence-electron chi connectivity index (χ2n) is 19.5. The van der Waals surface area contributed by atoms with Gasteiger partial charge >= 0.3 is 11.9 Å². The third-order valence-electron chi connectivity index (χ3n) is 16.2. The quantitative estimate of drug-likeness (QED) is 0.290. The summed E-state index contributed by atoms with van der Waals surface area (Å²) in [5.74, 6) is 1.42. The van der Waals surface area contributed by atoms with E-state index in [1.54, 1.807) is 13.8 Å². The topological polar surface area (TPSA) is 93.1 Å². The minimum absolute atomic E-state index is 0.101. The first-order chi connectivity index (χ1) is 21.8. The van der Waals surface area contributed by atoms with Crippen molar-refractivity contribution in [3.63, 3.8) is 0 Å². The number of amides is 1. The number of aliphatic carboxylic acids is 1. The smallest absolute Gasteiger partial charge is 0.309 e. The predicted molar refractivity (Wildman–Crippen MR) is 182 cm³/mol. The second kappa shape index (κ2) is 11.7. The molecule has 0 aromatic rings. The van der Waals surface area contributed by atoms with Crippen LogP contribution in [-0.2, 0) is 23.9 Å². The molecule has 7 nitrogen and oxygen atoms in total. The number of rotatable bonds is 6. The number of nitrogens with zero attached hydrogens (tertiary/aromatic N) is 1. The van der Waals surface area contributed by atoms with Gasteiger partial charge in [0, 0.05) is 24.9 Å². The molecule has 0 aromatic carbocycles. The van der Waals surface area contributed by atoms with Crippen LogP contribution in [0.2, 0.25) is 0 Å². The zero-order valence-corrected chi connectivity index (χ0v) is 31.1. The molecule has 0 radical (unpaired) electrons. The Morgan fingerprint density at radius 1 is 0.809 bits per heavy atom. The Hall–Kier alpha value is -1.63. The number of ether oxygens (including phenoxy) is 2. The minimum atomic E-state index is -1.13. The van der Waals surface area contributed by atoms with Crippen LogP contribution < -0.4 is 0 Å². The fraction of sp³-hybridized carbons (Fsp3) is 0.925. The molecule has 5 saturated carbocycles. The molecule has 4 unspecified atom stereocenters. The molecular formula is C40H65NO6. The Balaban J connectivity index is 1.19. The number of hydrogen-bond acceptors (Lipinski definition) is 5. The van der Waals surface area contributed by atoms with Gasteiger partial charge in [-0.05, 0) is 137 Å². The summed E-state index contributed by atoms with van der Waals surface area (Å²) >= 11 is 0. The van der Waals surface area contributed by atoms with Crippen molar-refractivity contribution < 1.29 is 29.0 Å². The summed E-state index contributed by atoms with van der Waals surface area (Å²) in [5, 5.41) is 9.57. The zero-order valence-electron chi connectivity index (χ0n) is 31.1. The number of morpholine rings is 1. The van der Waals surface area contributed by atoms with Gasteiger partial charge in [-0.25, -0.2) is 0 Å². The first-order valence-corrected chi connectivity index (χ1v) is 19.2. The van der Waals surface area contributed by atoms with Crippen LogP contribution in [0.1, 0.15) is 146 Å². The molecule has 1 aliphatic heterocycles. The fourth-order valence-electron chi connectivity index (χ4n) is 13.6. The minimum Gasteiger partial charge on any atom is -0.481 e. The van der Waals surface area contributed by atoms with Gasteiger partial charge in [-0.3, -0.25) is 14.4 Å². The molecule has 1 amide bonds. The molecule has 47 heavy (non-hydrogen) atoms. The molecular weight excluding hydrogens is 590 g/mol. The number of esters is 1. The van der Waals surface area contributed by atoms with Crippen molar-refractivity contribution in [2.75, 3.05) is 13.1 Å². The Morgan fingerprint density at radius 2 is 1.49 bits per heavy atom.